The predicted octanol–water partition coefficient (Wildman–Crippen LogP) is 4.64. The van der Waals surface area contributed by atoms with Crippen LogP contribution in [-0.2, 0) is 22.1 Å². The van der Waals surface area contributed by atoms with Crippen LogP contribution in [0, 0.1) is 11.6 Å². The first-order chi connectivity index (χ1) is 15.7. The number of nitrogens with zero attached hydrogens (tertiary/aromatic N) is 3. The molecule has 0 aliphatic carbocycles. The van der Waals surface area contributed by atoms with E-state index in [1.807, 2.05) is 0 Å². The average molecular weight is 466 g/mol. The minimum Gasteiger partial charge on any atom is -0.381 e. The van der Waals surface area contributed by atoms with E-state index < -0.39 is 41.3 Å². The maximum absolute atomic E-state index is 14.6. The molecule has 6 nitrogen and oxygen atoms in total. The molecule has 1 amide bonds. The van der Waals surface area contributed by atoms with E-state index in [1.165, 1.54) is 17.1 Å². The lowest BCUT2D eigenvalue weighted by molar-refractivity contribution is -0.140. The molecule has 1 saturated heterocycles. The lowest BCUT2D eigenvalue weighted by Crippen LogP contribution is -2.17. The van der Waals surface area contributed by atoms with Gasteiger partial charge in [0.05, 0.1) is 29.6 Å². The van der Waals surface area contributed by atoms with Gasteiger partial charge in [-0.05, 0) is 24.5 Å². The van der Waals surface area contributed by atoms with Crippen molar-refractivity contribution in [1.29, 1.82) is 0 Å². The highest BCUT2D eigenvalue weighted by atomic mass is 19.4. The van der Waals surface area contributed by atoms with Gasteiger partial charge in [0.25, 0.3) is 0 Å². The van der Waals surface area contributed by atoms with Gasteiger partial charge in [-0.15, -0.1) is 0 Å². The van der Waals surface area contributed by atoms with Crippen molar-refractivity contribution in [3.63, 3.8) is 0 Å². The fraction of sp³-hybridized carbons (Fsp3) is 0.318. The van der Waals surface area contributed by atoms with Crippen LogP contribution in [0.25, 0.3) is 5.82 Å². The van der Waals surface area contributed by atoms with Crippen molar-refractivity contribution < 1.29 is 31.5 Å². The van der Waals surface area contributed by atoms with Crippen molar-refractivity contribution in [2.45, 2.75) is 31.4 Å². The molecule has 1 aliphatic heterocycles. The summed E-state index contributed by atoms with van der Waals surface area (Å²) in [6.45, 7) is 1.28. The van der Waals surface area contributed by atoms with Gasteiger partial charge in [-0.1, -0.05) is 12.1 Å². The number of alkyl halides is 3. The number of carbonyl (C=O) groups excluding carboxylic acids is 1. The summed E-state index contributed by atoms with van der Waals surface area (Å²) in [7, 11) is 0. The van der Waals surface area contributed by atoms with E-state index in [9.17, 15) is 26.7 Å². The SMILES string of the molecule is O=C(Cc1cccc(C(F)(F)F)c1F)Nc1cnc(-n2cnc(C3CCOCC3)c2)c(F)c1. The van der Waals surface area contributed by atoms with E-state index in [-0.39, 0.29) is 17.4 Å². The van der Waals surface area contributed by atoms with Crippen molar-refractivity contribution in [3.8, 4) is 5.82 Å². The van der Waals surface area contributed by atoms with Gasteiger partial charge in [0.2, 0.25) is 5.91 Å². The van der Waals surface area contributed by atoms with Crippen molar-refractivity contribution >= 4 is 11.6 Å². The Kier molecular flexibility index (Phi) is 6.41. The summed E-state index contributed by atoms with van der Waals surface area (Å²) in [5.41, 5.74) is -1.09. The van der Waals surface area contributed by atoms with E-state index in [2.05, 4.69) is 15.3 Å². The van der Waals surface area contributed by atoms with Gasteiger partial charge in [-0.3, -0.25) is 9.36 Å². The molecule has 11 heteroatoms. The third kappa shape index (κ3) is 5.19. The second-order valence-electron chi connectivity index (χ2n) is 7.62. The van der Waals surface area contributed by atoms with Gasteiger partial charge in [-0.2, -0.15) is 13.2 Å². The Labute approximate surface area is 185 Å². The molecule has 1 aromatic carbocycles. The summed E-state index contributed by atoms with van der Waals surface area (Å²) in [6.07, 6.45) is 0.453. The molecule has 0 radical (unpaired) electrons. The number of halogens is 5. The molecule has 4 rings (SSSR count). The highest BCUT2D eigenvalue weighted by Crippen LogP contribution is 2.32. The Morgan fingerprint density at radius 1 is 1.18 bits per heavy atom. The first-order valence-corrected chi connectivity index (χ1v) is 10.1. The molecule has 0 bridgehead atoms. The van der Waals surface area contributed by atoms with Gasteiger partial charge >= 0.3 is 6.18 Å². The summed E-state index contributed by atoms with van der Waals surface area (Å²) in [4.78, 5) is 20.5. The minimum atomic E-state index is -4.88. The van der Waals surface area contributed by atoms with Crippen molar-refractivity contribution in [3.05, 3.63) is 71.4 Å². The maximum Gasteiger partial charge on any atom is 0.419 e. The fourth-order valence-electron chi connectivity index (χ4n) is 3.66. The summed E-state index contributed by atoms with van der Waals surface area (Å²) < 4.78 is 74.0. The molecular weight excluding hydrogens is 447 g/mol. The number of aromatic nitrogens is 3. The number of pyridine rings is 1. The molecule has 3 heterocycles. The summed E-state index contributed by atoms with van der Waals surface area (Å²) >= 11 is 0. The minimum absolute atomic E-state index is 0.0154. The topological polar surface area (TPSA) is 69.0 Å². The Hall–Kier alpha value is -3.34. The van der Waals surface area contributed by atoms with Crippen LogP contribution in [0.3, 0.4) is 0 Å². The van der Waals surface area contributed by atoms with Crippen molar-refractivity contribution in [1.82, 2.24) is 14.5 Å². The van der Waals surface area contributed by atoms with Gasteiger partial charge in [0.1, 0.15) is 12.1 Å². The third-order valence-corrected chi connectivity index (χ3v) is 5.33. The van der Waals surface area contributed by atoms with Crippen LogP contribution in [0.1, 0.15) is 35.6 Å². The molecule has 0 atom stereocenters. The Bertz CT molecular complexity index is 1160. The molecule has 0 spiro atoms. The number of nitrogens with one attached hydrogen (secondary N) is 1. The fourth-order valence-corrected chi connectivity index (χ4v) is 3.66. The Morgan fingerprint density at radius 3 is 2.64 bits per heavy atom. The molecule has 1 fully saturated rings. The number of hydrogen-bond acceptors (Lipinski definition) is 4. The van der Waals surface area contributed by atoms with Gasteiger partial charge in [0.15, 0.2) is 11.6 Å². The lowest BCUT2D eigenvalue weighted by Gasteiger charge is -2.19. The van der Waals surface area contributed by atoms with E-state index in [4.69, 9.17) is 4.74 Å². The third-order valence-electron chi connectivity index (χ3n) is 5.33. The largest absolute Gasteiger partial charge is 0.419 e. The molecule has 174 valence electrons. The molecule has 3 aromatic rings. The zero-order valence-electron chi connectivity index (χ0n) is 17.2. The summed E-state index contributed by atoms with van der Waals surface area (Å²) in [6, 6.07) is 3.72. The number of anilines is 1. The van der Waals surface area contributed by atoms with Crippen LogP contribution < -0.4 is 5.32 Å². The number of rotatable bonds is 5. The monoisotopic (exact) mass is 466 g/mol. The normalized spacial score (nSPS) is 14.9. The van der Waals surface area contributed by atoms with E-state index in [1.54, 1.807) is 6.20 Å². The van der Waals surface area contributed by atoms with Crippen LogP contribution in [0.5, 0.6) is 0 Å². The first-order valence-electron chi connectivity index (χ1n) is 10.1. The van der Waals surface area contributed by atoms with Crippen LogP contribution >= 0.6 is 0 Å². The average Bonchev–Trinajstić information content (AvgIpc) is 3.25. The first kappa shape index (κ1) is 22.8. The van der Waals surface area contributed by atoms with E-state index in [0.29, 0.717) is 19.3 Å². The molecule has 0 saturated carbocycles. The smallest absolute Gasteiger partial charge is 0.381 e. The molecular formula is C22H19F5N4O2. The Balaban J connectivity index is 1.45. The number of amides is 1. The maximum atomic E-state index is 14.6. The number of ether oxygens (including phenoxy) is 1. The second-order valence-corrected chi connectivity index (χ2v) is 7.62. The van der Waals surface area contributed by atoms with Crippen LogP contribution in [0.2, 0.25) is 0 Å². The second kappa shape index (κ2) is 9.26. The summed E-state index contributed by atoms with van der Waals surface area (Å²) in [5, 5.41) is 2.32. The zero-order chi connectivity index (χ0) is 23.6. The highest BCUT2D eigenvalue weighted by molar-refractivity contribution is 5.92. The van der Waals surface area contributed by atoms with Gasteiger partial charge in [-0.25, -0.2) is 18.7 Å². The van der Waals surface area contributed by atoms with Crippen LogP contribution in [0.15, 0.2) is 43.0 Å². The van der Waals surface area contributed by atoms with Crippen LogP contribution in [0.4, 0.5) is 27.6 Å². The van der Waals surface area contributed by atoms with Crippen molar-refractivity contribution in [2.75, 3.05) is 18.5 Å². The number of imidazole rings is 1. The molecule has 2 aromatic heterocycles. The van der Waals surface area contributed by atoms with Gasteiger partial charge in [0, 0.05) is 31.4 Å². The number of hydrogen-bond donors (Lipinski definition) is 1. The molecule has 1 N–H and O–H groups in total. The van der Waals surface area contributed by atoms with Gasteiger partial charge < -0.3 is 10.1 Å². The van der Waals surface area contributed by atoms with Crippen molar-refractivity contribution in [2.24, 2.45) is 0 Å². The number of carbonyl (C=O) groups is 1. The highest BCUT2D eigenvalue weighted by Gasteiger charge is 2.35. The molecule has 33 heavy (non-hydrogen) atoms. The quantitative estimate of drug-likeness (QED) is 0.557. The summed E-state index contributed by atoms with van der Waals surface area (Å²) in [5.74, 6) is -2.87. The van der Waals surface area contributed by atoms with E-state index >= 15 is 0 Å². The molecule has 0 unspecified atom stereocenters. The lowest BCUT2D eigenvalue weighted by atomic mass is 9.97. The van der Waals surface area contributed by atoms with E-state index in [0.717, 1.165) is 36.7 Å². The standard InChI is InChI=1S/C22H19F5N4O2/c23-17-9-15(30-19(32)8-14-2-1-3-16(20(14)24)22(25,26)27)10-28-21(17)31-11-18(29-12-31)13-4-6-33-7-5-13/h1-3,9-13H,4-8H2,(H,30,32). The predicted molar refractivity (Wildman–Crippen MR) is 108 cm³/mol. The Morgan fingerprint density at radius 2 is 1.94 bits per heavy atom. The van der Waals surface area contributed by atoms with Crippen LogP contribution in [-0.4, -0.2) is 33.7 Å². The number of benzene rings is 1. The zero-order valence-corrected chi connectivity index (χ0v) is 17.2. The molecule has 1 aliphatic rings.